The van der Waals surface area contributed by atoms with Gasteiger partial charge in [0.1, 0.15) is 0 Å². The molecule has 0 heterocycles. The minimum absolute atomic E-state index is 0.879. The quantitative estimate of drug-likeness (QED) is 0.228. The van der Waals surface area contributed by atoms with Crippen molar-refractivity contribution in [3.8, 4) is 0 Å². The van der Waals surface area contributed by atoms with Crippen LogP contribution in [0, 0.1) is 249 Å². The zero-order chi connectivity index (χ0) is 42.2. The molecule has 13 fully saturated rings. The summed E-state index contributed by atoms with van der Waals surface area (Å²) in [6.07, 6.45) is 0. The first-order chi connectivity index (χ1) is 28.4. The molecule has 0 nitrogen and oxygen atoms in total. The summed E-state index contributed by atoms with van der Waals surface area (Å²) in [6, 6.07) is 0. The molecule has 0 heteroatoms. The largest absolute Gasteiger partial charge is 0.0620 e. The van der Waals surface area contributed by atoms with Crippen molar-refractivity contribution in [2.24, 2.45) is 249 Å². The smallest absolute Gasteiger partial charge is 0.0312 e. The monoisotopic (exact) mass is 817 g/mol. The van der Waals surface area contributed by atoms with E-state index < -0.39 is 0 Å². The van der Waals surface area contributed by atoms with Gasteiger partial charge in [0.15, 0.2) is 0 Å². The fraction of sp³-hybridized carbons (Fsp3) is 1.00. The molecule has 0 aromatic heterocycles. The van der Waals surface area contributed by atoms with Gasteiger partial charge in [-0.15, -0.1) is 0 Å². The minimum Gasteiger partial charge on any atom is -0.0620 e. The van der Waals surface area contributed by atoms with Crippen LogP contribution in [0.1, 0.15) is 125 Å². The molecule has 0 amide bonds. The number of fused-ring (bicyclic) bond motifs is 6. The van der Waals surface area contributed by atoms with E-state index in [1.165, 1.54) is 0 Å². The van der Waals surface area contributed by atoms with E-state index in [9.17, 15) is 0 Å². The van der Waals surface area contributed by atoms with Crippen molar-refractivity contribution in [1.82, 2.24) is 0 Å². The summed E-state index contributed by atoms with van der Waals surface area (Å²) < 4.78 is 0. The SMILES string of the molecule is CC1[C@H](C)C2C3C4C5C6C7C8C4C4C(C9C8C(C8C7C(C7C6C(C6C5C(C3[C@@H]1C)[C@@H](C)C(C)[C@H]6C)[C@@H](C)C(C)[C@H]7C)[C@@H](C)C(C)[C@H]8C)[C@@H](C)C(C)[C@H]9C)[C@@H](C)C(C)[C@@H](C)C42. The van der Waals surface area contributed by atoms with Crippen molar-refractivity contribution in [3.63, 3.8) is 0 Å². The molecule has 0 radical (unpaired) electrons. The van der Waals surface area contributed by atoms with Crippen LogP contribution in [0.15, 0.2) is 0 Å². The lowest BCUT2D eigenvalue weighted by Crippen LogP contribution is -2.83. The van der Waals surface area contributed by atoms with Crippen molar-refractivity contribution < 1.29 is 0 Å². The van der Waals surface area contributed by atoms with Crippen LogP contribution >= 0.6 is 0 Å². The van der Waals surface area contributed by atoms with E-state index in [1.54, 1.807) is 0 Å². The lowest BCUT2D eigenvalue weighted by Gasteiger charge is -2.86. The van der Waals surface area contributed by atoms with Crippen molar-refractivity contribution in [2.45, 2.75) is 125 Å². The summed E-state index contributed by atoms with van der Waals surface area (Å²) in [5.74, 6) is 40.4. The lowest BCUT2D eigenvalue weighted by molar-refractivity contribution is -0.394. The van der Waals surface area contributed by atoms with Crippen LogP contribution in [0.5, 0.6) is 0 Å². The molecule has 13 aliphatic carbocycles. The fourth-order valence-electron chi connectivity index (χ4n) is 27.8. The van der Waals surface area contributed by atoms with Crippen LogP contribution in [0.4, 0.5) is 0 Å². The predicted molar refractivity (Wildman–Crippen MR) is 249 cm³/mol. The fourth-order valence-corrected chi connectivity index (χ4v) is 27.8. The average molecular weight is 817 g/mol. The molecule has 0 spiro atoms. The van der Waals surface area contributed by atoms with E-state index in [4.69, 9.17) is 0 Å². The van der Waals surface area contributed by atoms with Crippen LogP contribution < -0.4 is 0 Å². The van der Waals surface area contributed by atoms with Crippen LogP contribution in [0.25, 0.3) is 0 Å². The van der Waals surface area contributed by atoms with Crippen molar-refractivity contribution in [2.75, 3.05) is 0 Å². The maximum absolute atomic E-state index is 2.89. The molecule has 60 heavy (non-hydrogen) atoms. The second-order valence-electron chi connectivity index (χ2n) is 29.3. The van der Waals surface area contributed by atoms with E-state index in [0.29, 0.717) is 0 Å². The van der Waals surface area contributed by atoms with Crippen LogP contribution in [-0.2, 0) is 0 Å². The molecule has 0 saturated heterocycles. The molecule has 24 unspecified atom stereocenters. The Bertz CT molecular complexity index is 1320. The molecule has 13 rings (SSSR count). The summed E-state index contributed by atoms with van der Waals surface area (Å²) in [6.45, 7) is 51.6. The minimum atomic E-state index is 0.879. The third-order valence-corrected chi connectivity index (χ3v) is 30.6. The number of hydrogen-bond donors (Lipinski definition) is 0. The first-order valence-corrected chi connectivity index (χ1v) is 28.4. The van der Waals surface area contributed by atoms with Gasteiger partial charge in [-0.25, -0.2) is 0 Å². The summed E-state index contributed by atoms with van der Waals surface area (Å²) >= 11 is 0. The highest BCUT2D eigenvalue weighted by atomic mass is 14.9. The Labute approximate surface area is 371 Å². The molecular weight excluding hydrogens is 721 g/mol. The Morgan fingerprint density at radius 3 is 0.233 bits per heavy atom. The highest BCUT2D eigenvalue weighted by Crippen LogP contribution is 2.87. The van der Waals surface area contributed by atoms with Gasteiger partial charge >= 0.3 is 0 Å². The average Bonchev–Trinajstić information content (AvgIpc) is 3.23. The Kier molecular flexibility index (Phi) is 8.39. The highest BCUT2D eigenvalue weighted by molar-refractivity contribution is 5.30. The molecule has 336 valence electrons. The normalized spacial score (nSPS) is 76.5. The number of rotatable bonds is 0. The third-order valence-electron chi connectivity index (χ3n) is 30.6. The maximum atomic E-state index is 2.89. The number of hydrogen-bond acceptors (Lipinski definition) is 0. The van der Waals surface area contributed by atoms with Crippen LogP contribution in [0.2, 0.25) is 0 Å². The van der Waals surface area contributed by atoms with E-state index in [0.717, 1.165) is 249 Å². The summed E-state index contributed by atoms with van der Waals surface area (Å²) in [7, 11) is 0. The molecule has 0 aromatic rings. The summed E-state index contributed by atoms with van der Waals surface area (Å²) in [4.78, 5) is 0. The molecule has 13 aliphatic rings. The highest BCUT2D eigenvalue weighted by Gasteiger charge is 2.84. The van der Waals surface area contributed by atoms with Crippen LogP contribution in [-0.4, -0.2) is 0 Å². The molecule has 0 aromatic carbocycles. The summed E-state index contributed by atoms with van der Waals surface area (Å²) in [5.41, 5.74) is 0. The van der Waals surface area contributed by atoms with Gasteiger partial charge < -0.3 is 0 Å². The standard InChI is InChI=1S/C60H96/c1-19-25(7)37-39-27(9)20(2)29(11)41-43-31(13)22(4)33(15)45-47-35(17)24(6)36(18)48-46-34(16)23(5)32(14)44-42-30(12)21(3)28(10)40-38(26(19)8)49(37)55-56(50(39)41)58(52(43)45)60(54(47)48)59(53(44)46)57(55)51(40)42/h19-60H,1-18H3/t19?,20?,21?,22?,23?,24?,25-,26+,27+,28-,29-,30+,31+,32-,33-,34+,35+,36-,37?,38?,39?,40?,41?,42?,43?,44?,45?,46?,47?,48?,49?,50?,51?,52?,53?,54?,55?,56?,57?,58?,59?,60?. The Morgan fingerprint density at radius 2 is 0.150 bits per heavy atom. The zero-order valence-corrected chi connectivity index (χ0v) is 42.2. The third kappa shape index (κ3) is 4.04. The predicted octanol–water partition coefficient (Wildman–Crippen LogP) is 14.4. The van der Waals surface area contributed by atoms with E-state index >= 15 is 0 Å². The van der Waals surface area contributed by atoms with Gasteiger partial charge in [-0.05, 0) is 249 Å². The van der Waals surface area contributed by atoms with E-state index in [1.807, 2.05) is 0 Å². The van der Waals surface area contributed by atoms with Crippen molar-refractivity contribution in [1.29, 1.82) is 0 Å². The lowest BCUT2D eigenvalue weighted by atomic mass is 9.18. The molecule has 0 N–H and O–H groups in total. The Balaban J connectivity index is 1.15. The van der Waals surface area contributed by atoms with Crippen LogP contribution in [0.3, 0.4) is 0 Å². The van der Waals surface area contributed by atoms with Gasteiger partial charge in [-0.2, -0.15) is 0 Å². The summed E-state index contributed by atoms with van der Waals surface area (Å²) in [5, 5.41) is 0. The van der Waals surface area contributed by atoms with Gasteiger partial charge in [0.25, 0.3) is 0 Å². The molecule has 13 saturated carbocycles. The van der Waals surface area contributed by atoms with Gasteiger partial charge in [0, 0.05) is 0 Å². The molecular formula is C60H96. The van der Waals surface area contributed by atoms with Crippen molar-refractivity contribution in [3.05, 3.63) is 0 Å². The van der Waals surface area contributed by atoms with Gasteiger partial charge in [-0.1, -0.05) is 125 Å². The maximum Gasteiger partial charge on any atom is -0.0312 e. The Morgan fingerprint density at radius 1 is 0.0833 bits per heavy atom. The van der Waals surface area contributed by atoms with E-state index in [2.05, 4.69) is 125 Å². The van der Waals surface area contributed by atoms with E-state index in [-0.39, 0.29) is 0 Å². The van der Waals surface area contributed by atoms with Gasteiger partial charge in [0.05, 0.1) is 0 Å². The van der Waals surface area contributed by atoms with Gasteiger partial charge in [-0.3, -0.25) is 0 Å². The first-order valence-electron chi connectivity index (χ1n) is 28.4. The Hall–Kier alpha value is 0. The second kappa shape index (κ2) is 12.5. The molecule has 0 bridgehead atoms. The molecule has 0 aliphatic heterocycles. The second-order valence-corrected chi connectivity index (χ2v) is 29.3. The van der Waals surface area contributed by atoms with Crippen molar-refractivity contribution >= 4 is 0 Å². The van der Waals surface area contributed by atoms with Gasteiger partial charge in [0.2, 0.25) is 0 Å². The zero-order valence-electron chi connectivity index (χ0n) is 42.2. The molecule has 36 atom stereocenters. The topological polar surface area (TPSA) is 0 Å². The first kappa shape index (κ1) is 40.3.